The zero-order chi connectivity index (χ0) is 33.6. The van der Waals surface area contributed by atoms with Crippen LogP contribution in [0.2, 0.25) is 0 Å². The third-order valence-electron chi connectivity index (χ3n) is 8.74. The summed E-state index contributed by atoms with van der Waals surface area (Å²) >= 11 is 0. The van der Waals surface area contributed by atoms with Crippen molar-refractivity contribution in [2.24, 2.45) is 23.2 Å². The summed E-state index contributed by atoms with van der Waals surface area (Å²) in [6.07, 6.45) is 28.2. The fourth-order valence-corrected chi connectivity index (χ4v) is 5.97. The van der Waals surface area contributed by atoms with Crippen LogP contribution in [0.5, 0.6) is 0 Å². The number of hydrogen-bond acceptors (Lipinski definition) is 5. The Hall–Kier alpha value is -3.63. The zero-order valence-corrected chi connectivity index (χ0v) is 28.2. The van der Waals surface area contributed by atoms with Crippen molar-refractivity contribution in [1.82, 2.24) is 10.6 Å². The maximum atomic E-state index is 12.9. The molecule has 7 nitrogen and oxygen atoms in total. The van der Waals surface area contributed by atoms with E-state index >= 15 is 0 Å². The molecule has 0 aromatic heterocycles. The minimum Gasteiger partial charge on any atom is -0.458 e. The lowest BCUT2D eigenvalue weighted by atomic mass is 9.68. The summed E-state index contributed by atoms with van der Waals surface area (Å²) in [5.41, 5.74) is 1.75. The number of carbonyl (C=O) groups excluding carboxylic acids is 3. The maximum absolute atomic E-state index is 12.9. The van der Waals surface area contributed by atoms with Crippen LogP contribution in [0.3, 0.4) is 0 Å². The predicted molar refractivity (Wildman–Crippen MR) is 182 cm³/mol. The van der Waals surface area contributed by atoms with E-state index in [1.54, 1.807) is 13.0 Å². The van der Waals surface area contributed by atoms with E-state index in [2.05, 4.69) is 53.9 Å². The first kappa shape index (κ1) is 37.6. The van der Waals surface area contributed by atoms with Crippen molar-refractivity contribution in [2.45, 2.75) is 111 Å². The van der Waals surface area contributed by atoms with E-state index in [0.29, 0.717) is 6.42 Å². The van der Waals surface area contributed by atoms with Gasteiger partial charge in [-0.15, -0.1) is 12.3 Å². The first-order valence-corrected chi connectivity index (χ1v) is 16.2. The van der Waals surface area contributed by atoms with E-state index in [9.17, 15) is 19.5 Å². The molecule has 0 radical (unpaired) electrons. The Morgan fingerprint density at radius 3 is 2.53 bits per heavy atom. The Bertz CT molecular complexity index is 1250. The van der Waals surface area contributed by atoms with Crippen LogP contribution in [0.25, 0.3) is 0 Å². The third kappa shape index (κ3) is 12.7. The van der Waals surface area contributed by atoms with Gasteiger partial charge in [0.2, 0.25) is 11.8 Å². The number of terminal acetylenes is 1. The van der Waals surface area contributed by atoms with Crippen molar-refractivity contribution < 1.29 is 24.2 Å². The van der Waals surface area contributed by atoms with Crippen LogP contribution in [0.15, 0.2) is 71.9 Å². The summed E-state index contributed by atoms with van der Waals surface area (Å²) in [7, 11) is 0. The highest BCUT2D eigenvalue weighted by Crippen LogP contribution is 2.41. The molecule has 0 aromatic rings. The zero-order valence-electron chi connectivity index (χ0n) is 28.2. The number of aliphatic hydroxyl groups is 1. The molecular weight excluding hydrogens is 564 g/mol. The normalized spacial score (nSPS) is 32.0. The van der Waals surface area contributed by atoms with Crippen LogP contribution in [0, 0.1) is 35.5 Å². The number of allylic oxidation sites excluding steroid dienone is 9. The van der Waals surface area contributed by atoms with E-state index in [-0.39, 0.29) is 35.1 Å². The minimum atomic E-state index is -0.920. The van der Waals surface area contributed by atoms with E-state index in [1.807, 2.05) is 45.9 Å². The number of amides is 2. The number of carbonyl (C=O) groups is 3. The average Bonchev–Trinajstić information content (AvgIpc) is 2.97. The number of aliphatic hydroxyl groups excluding tert-OH is 1. The lowest BCUT2D eigenvalue weighted by Gasteiger charge is -2.39. The van der Waals surface area contributed by atoms with E-state index in [0.717, 1.165) is 43.3 Å². The molecule has 2 aliphatic rings. The lowest BCUT2D eigenvalue weighted by molar-refractivity contribution is -0.151. The Morgan fingerprint density at radius 2 is 1.84 bits per heavy atom. The van der Waals surface area contributed by atoms with Gasteiger partial charge < -0.3 is 20.5 Å². The first-order valence-electron chi connectivity index (χ1n) is 16.2. The highest BCUT2D eigenvalue weighted by atomic mass is 16.5. The molecule has 246 valence electrons. The van der Waals surface area contributed by atoms with E-state index < -0.39 is 30.1 Å². The van der Waals surface area contributed by atoms with Gasteiger partial charge in [-0.3, -0.25) is 9.59 Å². The van der Waals surface area contributed by atoms with Crippen molar-refractivity contribution in [1.29, 1.82) is 0 Å². The summed E-state index contributed by atoms with van der Waals surface area (Å²) < 4.78 is 5.89. The van der Waals surface area contributed by atoms with Gasteiger partial charge in [-0.05, 0) is 45.4 Å². The molecule has 2 rings (SSSR count). The Morgan fingerprint density at radius 1 is 1.11 bits per heavy atom. The SMILES string of the molecule is C#CCCCCCC(=O)N[C@@H]1C=C[C@@H]2/C=C(C)/C=C/[C@@H](C)[C@H]([C@H](C)[C@H](O)[C@@H](C)NC(C)=O)OC(=O)/C=C/C=C(C)\C=C\[C@]2(C)C1. The molecule has 1 heterocycles. The van der Waals surface area contributed by atoms with E-state index in [4.69, 9.17) is 11.2 Å². The average molecular weight is 619 g/mol. The summed E-state index contributed by atoms with van der Waals surface area (Å²) in [5, 5.41) is 17.0. The molecular formula is C38H54N2O5. The lowest BCUT2D eigenvalue weighted by Crippen LogP contribution is -2.48. The maximum Gasteiger partial charge on any atom is 0.331 e. The smallest absolute Gasteiger partial charge is 0.331 e. The van der Waals surface area contributed by atoms with Crippen LogP contribution in [0.1, 0.15) is 87.0 Å². The summed E-state index contributed by atoms with van der Waals surface area (Å²) in [4.78, 5) is 37.1. The van der Waals surface area contributed by atoms with Crippen LogP contribution in [-0.4, -0.2) is 47.2 Å². The molecule has 8 atom stereocenters. The van der Waals surface area contributed by atoms with Crippen molar-refractivity contribution in [2.75, 3.05) is 0 Å². The minimum absolute atomic E-state index is 0.0571. The van der Waals surface area contributed by atoms with Crippen LogP contribution in [-0.2, 0) is 19.1 Å². The largest absolute Gasteiger partial charge is 0.458 e. The molecule has 0 saturated carbocycles. The van der Waals surface area contributed by atoms with Gasteiger partial charge in [0, 0.05) is 49.6 Å². The number of hydrogen-bond donors (Lipinski definition) is 3. The van der Waals surface area contributed by atoms with Gasteiger partial charge in [0.05, 0.1) is 12.1 Å². The molecule has 0 unspecified atom stereocenters. The third-order valence-corrected chi connectivity index (χ3v) is 8.74. The Kier molecular flexibility index (Phi) is 15.3. The van der Waals surface area contributed by atoms with Gasteiger partial charge in [0.15, 0.2) is 0 Å². The molecule has 3 N–H and O–H groups in total. The highest BCUT2D eigenvalue weighted by molar-refractivity contribution is 5.82. The highest BCUT2D eigenvalue weighted by Gasteiger charge is 2.36. The van der Waals surface area contributed by atoms with Gasteiger partial charge in [0.1, 0.15) is 6.10 Å². The molecule has 7 heteroatoms. The topological polar surface area (TPSA) is 105 Å². The summed E-state index contributed by atoms with van der Waals surface area (Å²) in [6.45, 7) is 13.2. The van der Waals surface area contributed by atoms with Crippen LogP contribution in [0.4, 0.5) is 0 Å². The molecule has 1 aliphatic heterocycles. The molecule has 0 bridgehead atoms. The number of fused-ring (bicyclic) bond motifs is 1. The fraction of sp³-hybridized carbons (Fsp3) is 0.553. The summed E-state index contributed by atoms with van der Waals surface area (Å²) in [6, 6.07) is -0.581. The quantitative estimate of drug-likeness (QED) is 0.116. The number of esters is 1. The molecule has 0 spiro atoms. The number of unbranched alkanes of at least 4 members (excludes halogenated alkanes) is 3. The standard InChI is InChI=1S/C38H54N2O5/c1-9-10-11-12-13-16-34(42)40-33-21-20-32-24-27(3)18-19-28(4)37(29(5)36(44)30(6)39-31(7)41)45-35(43)17-14-15-26(2)22-23-38(32,8)25-33/h1,14-15,17-24,28-30,32-33,36-37,44H,10-13,16,25H2,2-8H3,(H,39,41)(H,40,42)/b17-14+,19-18+,23-22+,26-15-,27-24+/t28-,29-,30-,32-,33-,36+,37-,38-/m1/s1. The summed E-state index contributed by atoms with van der Waals surface area (Å²) in [5.74, 6) is 1.39. The Balaban J connectivity index is 2.35. The van der Waals surface area contributed by atoms with Crippen molar-refractivity contribution >= 4 is 17.8 Å². The fourth-order valence-electron chi connectivity index (χ4n) is 5.97. The molecule has 1 aliphatic carbocycles. The first-order chi connectivity index (χ1) is 21.2. The molecule has 0 saturated heterocycles. The van der Waals surface area contributed by atoms with Gasteiger partial charge >= 0.3 is 5.97 Å². The molecule has 2 amide bonds. The van der Waals surface area contributed by atoms with Gasteiger partial charge in [-0.1, -0.05) is 93.0 Å². The Labute approximate surface area is 271 Å². The molecule has 45 heavy (non-hydrogen) atoms. The van der Waals surface area contributed by atoms with Gasteiger partial charge in [-0.25, -0.2) is 4.79 Å². The second kappa shape index (κ2) is 18.4. The predicted octanol–water partition coefficient (Wildman–Crippen LogP) is 6.28. The molecule has 0 aromatic carbocycles. The molecule has 0 fully saturated rings. The number of cyclic esters (lactones) is 1. The van der Waals surface area contributed by atoms with Crippen molar-refractivity contribution in [3.63, 3.8) is 0 Å². The van der Waals surface area contributed by atoms with Gasteiger partial charge in [0.25, 0.3) is 0 Å². The number of rotatable bonds is 10. The van der Waals surface area contributed by atoms with Crippen molar-refractivity contribution in [3.8, 4) is 12.3 Å². The van der Waals surface area contributed by atoms with Crippen LogP contribution >= 0.6 is 0 Å². The second-order valence-corrected chi connectivity index (χ2v) is 13.0. The monoisotopic (exact) mass is 618 g/mol. The van der Waals surface area contributed by atoms with Gasteiger partial charge in [-0.2, -0.15) is 0 Å². The number of nitrogens with one attached hydrogen (secondary N) is 2. The van der Waals surface area contributed by atoms with Crippen LogP contribution < -0.4 is 10.6 Å². The second-order valence-electron chi connectivity index (χ2n) is 13.0. The number of ether oxygens (including phenoxy) is 1. The van der Waals surface area contributed by atoms with Crippen molar-refractivity contribution in [3.05, 3.63) is 71.9 Å². The van der Waals surface area contributed by atoms with E-state index in [1.165, 1.54) is 13.0 Å².